The molecule has 1 N–H and O–H groups in total. The Hall–Kier alpha value is -3.49. The third-order valence-corrected chi connectivity index (χ3v) is 5.42. The molecule has 9 heteroatoms. The van der Waals surface area contributed by atoms with Gasteiger partial charge >= 0.3 is 0 Å². The van der Waals surface area contributed by atoms with Crippen molar-refractivity contribution in [3.8, 4) is 11.5 Å². The summed E-state index contributed by atoms with van der Waals surface area (Å²) in [6.45, 7) is 1.68. The van der Waals surface area contributed by atoms with E-state index >= 15 is 0 Å². The number of aryl methyl sites for hydroxylation is 1. The highest BCUT2D eigenvalue weighted by Crippen LogP contribution is 2.25. The molecular weight excluding hydrogens is 434 g/mol. The lowest BCUT2D eigenvalue weighted by atomic mass is 9.96. The van der Waals surface area contributed by atoms with E-state index in [4.69, 9.17) is 9.47 Å². The highest BCUT2D eigenvalue weighted by Gasteiger charge is 2.30. The number of nitrogens with one attached hydrogen (secondary N) is 1. The molecule has 2 aromatic carbocycles. The zero-order chi connectivity index (χ0) is 24.0. The molecule has 7 nitrogen and oxygen atoms in total. The van der Waals surface area contributed by atoms with E-state index in [0.717, 1.165) is 17.7 Å². The molecule has 0 unspecified atom stereocenters. The van der Waals surface area contributed by atoms with E-state index in [1.165, 1.54) is 13.2 Å². The Labute approximate surface area is 190 Å². The summed E-state index contributed by atoms with van der Waals surface area (Å²) < 4.78 is 37.4. The van der Waals surface area contributed by atoms with Gasteiger partial charge in [0.1, 0.15) is 12.4 Å². The van der Waals surface area contributed by atoms with Crippen molar-refractivity contribution >= 4 is 17.6 Å². The summed E-state index contributed by atoms with van der Waals surface area (Å²) in [7, 11) is 1.50. The first-order chi connectivity index (χ1) is 15.8. The molecule has 1 fully saturated rings. The van der Waals surface area contributed by atoms with Gasteiger partial charge < -0.3 is 19.7 Å². The molecule has 0 spiro atoms. The molecule has 1 aliphatic rings. The summed E-state index contributed by atoms with van der Waals surface area (Å²) >= 11 is 0. The number of likely N-dealkylation sites (tertiary alicyclic amines) is 1. The number of halogens is 2. The van der Waals surface area contributed by atoms with Gasteiger partial charge in [0.15, 0.2) is 23.2 Å². The maximum Gasteiger partial charge on any atom is 0.257 e. The smallest absolute Gasteiger partial charge is 0.257 e. The molecule has 176 valence electrons. The predicted octanol–water partition coefficient (Wildman–Crippen LogP) is 2.90. The molecule has 1 atom stereocenters. The number of methoxy groups -OCH3 is 1. The van der Waals surface area contributed by atoms with Gasteiger partial charge in [-0.15, -0.1) is 0 Å². The largest absolute Gasteiger partial charge is 0.496 e. The van der Waals surface area contributed by atoms with Gasteiger partial charge in [-0.25, -0.2) is 8.78 Å². The van der Waals surface area contributed by atoms with Gasteiger partial charge in [-0.05, 0) is 44.0 Å². The van der Waals surface area contributed by atoms with Crippen LogP contribution in [-0.2, 0) is 9.59 Å². The van der Waals surface area contributed by atoms with Crippen molar-refractivity contribution in [1.82, 2.24) is 10.2 Å². The molecule has 1 aliphatic heterocycles. The van der Waals surface area contributed by atoms with Crippen LogP contribution in [0.25, 0.3) is 0 Å². The Morgan fingerprint density at radius 3 is 2.58 bits per heavy atom. The molecule has 0 bridgehead atoms. The second kappa shape index (κ2) is 10.9. The third-order valence-electron chi connectivity index (χ3n) is 5.42. The maximum absolute atomic E-state index is 13.6. The average Bonchev–Trinajstić information content (AvgIpc) is 2.81. The molecule has 2 aromatic rings. The SMILES string of the molecule is COc1ccc(C)cc1C(=O)N1CCC[C@H](C(=O)NCC(=O)COc2c(F)cccc2F)C1. The first kappa shape index (κ1) is 24.2. The molecule has 1 saturated heterocycles. The number of hydrogen-bond acceptors (Lipinski definition) is 5. The van der Waals surface area contributed by atoms with Crippen molar-refractivity contribution in [2.75, 3.05) is 33.4 Å². The van der Waals surface area contributed by atoms with E-state index in [1.807, 2.05) is 13.0 Å². The lowest BCUT2D eigenvalue weighted by Gasteiger charge is -2.32. The number of carbonyl (C=O) groups is 3. The Bertz CT molecular complexity index is 1020. The summed E-state index contributed by atoms with van der Waals surface area (Å²) in [6.07, 6.45) is 1.22. The molecule has 0 radical (unpaired) electrons. The molecule has 2 amide bonds. The number of ketones is 1. The quantitative estimate of drug-likeness (QED) is 0.655. The first-order valence-corrected chi connectivity index (χ1v) is 10.6. The minimum absolute atomic E-state index is 0.215. The van der Waals surface area contributed by atoms with Crippen molar-refractivity contribution in [3.63, 3.8) is 0 Å². The fourth-order valence-electron chi connectivity index (χ4n) is 3.69. The lowest BCUT2D eigenvalue weighted by Crippen LogP contribution is -2.46. The van der Waals surface area contributed by atoms with Gasteiger partial charge in [0.25, 0.3) is 5.91 Å². The number of rotatable bonds is 8. The van der Waals surface area contributed by atoms with E-state index in [9.17, 15) is 23.2 Å². The van der Waals surface area contributed by atoms with Crippen molar-refractivity contribution in [2.24, 2.45) is 5.92 Å². The van der Waals surface area contributed by atoms with Crippen molar-refractivity contribution < 1.29 is 32.6 Å². The average molecular weight is 460 g/mol. The Morgan fingerprint density at radius 2 is 1.88 bits per heavy atom. The van der Waals surface area contributed by atoms with Gasteiger partial charge in [0.2, 0.25) is 5.91 Å². The van der Waals surface area contributed by atoms with E-state index in [-0.39, 0.29) is 24.9 Å². The van der Waals surface area contributed by atoms with Gasteiger partial charge in [0.05, 0.1) is 25.1 Å². The fraction of sp³-hybridized carbons (Fsp3) is 0.375. The van der Waals surface area contributed by atoms with Crippen LogP contribution in [0.4, 0.5) is 8.78 Å². The second-order valence-electron chi connectivity index (χ2n) is 7.89. The van der Waals surface area contributed by atoms with Gasteiger partial charge in [0, 0.05) is 13.1 Å². The van der Waals surface area contributed by atoms with Crippen LogP contribution in [0.5, 0.6) is 11.5 Å². The standard InChI is InChI=1S/C24H26F2N2O5/c1-15-8-9-21(32-2)18(11-15)24(31)28-10-4-5-16(13-28)23(30)27-12-17(29)14-33-22-19(25)6-3-7-20(22)26/h3,6-9,11,16H,4-5,10,12-14H2,1-2H3,(H,27,30)/t16-/m0/s1. The van der Waals surface area contributed by atoms with Crippen molar-refractivity contribution in [3.05, 3.63) is 59.2 Å². The summed E-state index contributed by atoms with van der Waals surface area (Å²) in [5, 5.41) is 2.53. The summed E-state index contributed by atoms with van der Waals surface area (Å²) in [5.74, 6) is -3.60. The molecule has 1 heterocycles. The number of amides is 2. The highest BCUT2D eigenvalue weighted by molar-refractivity contribution is 5.97. The number of benzene rings is 2. The van der Waals surface area contributed by atoms with Crippen LogP contribution >= 0.6 is 0 Å². The fourth-order valence-corrected chi connectivity index (χ4v) is 3.69. The second-order valence-corrected chi connectivity index (χ2v) is 7.89. The number of para-hydroxylation sites is 1. The van der Waals surface area contributed by atoms with Crippen LogP contribution in [0.3, 0.4) is 0 Å². The zero-order valence-corrected chi connectivity index (χ0v) is 18.5. The first-order valence-electron chi connectivity index (χ1n) is 10.6. The number of Topliss-reactive ketones (excluding diaryl/α,β-unsaturated/α-hetero) is 1. The van der Waals surface area contributed by atoms with Crippen LogP contribution in [0.15, 0.2) is 36.4 Å². The van der Waals surface area contributed by atoms with E-state index in [2.05, 4.69) is 5.32 Å². The molecule has 0 aromatic heterocycles. The molecule has 0 saturated carbocycles. The van der Waals surface area contributed by atoms with Gasteiger partial charge in [-0.2, -0.15) is 0 Å². The normalized spacial score (nSPS) is 15.6. The summed E-state index contributed by atoms with van der Waals surface area (Å²) in [6, 6.07) is 8.57. The Balaban J connectivity index is 1.53. The number of hydrogen-bond donors (Lipinski definition) is 1. The topological polar surface area (TPSA) is 84.9 Å². The van der Waals surface area contributed by atoms with Crippen LogP contribution in [-0.4, -0.2) is 55.8 Å². The Kier molecular flexibility index (Phi) is 7.97. The summed E-state index contributed by atoms with van der Waals surface area (Å²) in [5.41, 5.74) is 1.35. The highest BCUT2D eigenvalue weighted by atomic mass is 19.1. The van der Waals surface area contributed by atoms with Gasteiger partial charge in [-0.3, -0.25) is 14.4 Å². The Morgan fingerprint density at radius 1 is 1.15 bits per heavy atom. The van der Waals surface area contributed by atoms with E-state index in [1.54, 1.807) is 17.0 Å². The number of nitrogens with zero attached hydrogens (tertiary/aromatic N) is 1. The van der Waals surface area contributed by atoms with Crippen LogP contribution in [0, 0.1) is 24.5 Å². The maximum atomic E-state index is 13.6. The number of piperidine rings is 1. The van der Waals surface area contributed by atoms with Gasteiger partial charge in [-0.1, -0.05) is 17.7 Å². The minimum Gasteiger partial charge on any atom is -0.496 e. The predicted molar refractivity (Wildman–Crippen MR) is 116 cm³/mol. The lowest BCUT2D eigenvalue weighted by molar-refractivity contribution is -0.129. The zero-order valence-electron chi connectivity index (χ0n) is 18.5. The van der Waals surface area contributed by atoms with Crippen LogP contribution < -0.4 is 14.8 Å². The number of carbonyl (C=O) groups excluding carboxylic acids is 3. The minimum atomic E-state index is -0.913. The van der Waals surface area contributed by atoms with Crippen LogP contribution in [0.2, 0.25) is 0 Å². The monoisotopic (exact) mass is 460 g/mol. The van der Waals surface area contributed by atoms with Crippen LogP contribution in [0.1, 0.15) is 28.8 Å². The van der Waals surface area contributed by atoms with E-state index in [0.29, 0.717) is 30.7 Å². The van der Waals surface area contributed by atoms with E-state index < -0.39 is 35.7 Å². The molecule has 33 heavy (non-hydrogen) atoms. The van der Waals surface area contributed by atoms with Crippen molar-refractivity contribution in [2.45, 2.75) is 19.8 Å². The molecule has 3 rings (SSSR count). The molecule has 0 aliphatic carbocycles. The number of ether oxygens (including phenoxy) is 2. The molecular formula is C24H26F2N2O5. The van der Waals surface area contributed by atoms with Crippen molar-refractivity contribution in [1.29, 1.82) is 0 Å². The summed E-state index contributed by atoms with van der Waals surface area (Å²) in [4.78, 5) is 39.2. The third kappa shape index (κ3) is 6.06.